The molecule has 1 aliphatic carbocycles. The summed E-state index contributed by atoms with van der Waals surface area (Å²) < 4.78 is 7.81. The highest BCUT2D eigenvalue weighted by atomic mass is 16.5. The van der Waals surface area contributed by atoms with Gasteiger partial charge in [0.2, 0.25) is 0 Å². The number of nitrogens with zero attached hydrogens (tertiary/aromatic N) is 4. The van der Waals surface area contributed by atoms with Crippen LogP contribution in [0.5, 0.6) is 5.75 Å². The molecule has 1 aromatic carbocycles. The van der Waals surface area contributed by atoms with Gasteiger partial charge >= 0.3 is 5.97 Å². The number of fused-ring (bicyclic) bond motifs is 1. The molecule has 1 N–H and O–H groups in total. The fourth-order valence-electron chi connectivity index (χ4n) is 3.83. The molecule has 1 saturated carbocycles. The topological polar surface area (TPSA) is 80.5 Å². The number of rotatable bonds is 9. The Kier molecular flexibility index (Phi) is 5.72. The zero-order valence-electron chi connectivity index (χ0n) is 17.7. The minimum atomic E-state index is -1.08. The molecule has 1 fully saturated rings. The maximum absolute atomic E-state index is 11.7. The molecule has 2 aromatic heterocycles. The van der Waals surface area contributed by atoms with E-state index in [4.69, 9.17) is 4.74 Å². The van der Waals surface area contributed by atoms with E-state index in [2.05, 4.69) is 28.8 Å². The molecule has 3 aromatic rings. The van der Waals surface area contributed by atoms with Crippen molar-refractivity contribution in [2.24, 2.45) is 5.92 Å². The van der Waals surface area contributed by atoms with E-state index in [1.165, 1.54) is 18.9 Å². The van der Waals surface area contributed by atoms with Crippen molar-refractivity contribution < 1.29 is 14.6 Å². The molecule has 0 bridgehead atoms. The fourth-order valence-corrected chi connectivity index (χ4v) is 3.83. The molecule has 0 aliphatic heterocycles. The Bertz CT molecular complexity index is 1040. The van der Waals surface area contributed by atoms with E-state index in [-0.39, 0.29) is 5.69 Å². The zero-order valence-corrected chi connectivity index (χ0v) is 17.7. The molecule has 1 aliphatic rings. The summed E-state index contributed by atoms with van der Waals surface area (Å²) in [7, 11) is 0. The molecular weight excluding hydrogens is 380 g/mol. The summed E-state index contributed by atoms with van der Waals surface area (Å²) in [6.07, 6.45) is 2.50. The second kappa shape index (κ2) is 8.44. The van der Waals surface area contributed by atoms with Crippen molar-refractivity contribution in [3.05, 3.63) is 47.8 Å². The first kappa shape index (κ1) is 20.3. The van der Waals surface area contributed by atoms with E-state index in [1.54, 1.807) is 4.68 Å². The predicted octanol–water partition coefficient (Wildman–Crippen LogP) is 3.93. The van der Waals surface area contributed by atoms with E-state index in [1.807, 2.05) is 37.3 Å². The number of hydrogen-bond acceptors (Lipinski definition) is 5. The van der Waals surface area contributed by atoms with Crippen molar-refractivity contribution in [2.75, 3.05) is 19.7 Å². The molecule has 30 heavy (non-hydrogen) atoms. The van der Waals surface area contributed by atoms with Gasteiger partial charge in [-0.25, -0.2) is 14.5 Å². The highest BCUT2D eigenvalue weighted by Gasteiger charge is 2.29. The summed E-state index contributed by atoms with van der Waals surface area (Å²) in [5.41, 5.74) is 2.04. The minimum Gasteiger partial charge on any atom is -0.491 e. The van der Waals surface area contributed by atoms with Gasteiger partial charge in [0.25, 0.3) is 0 Å². The molecule has 7 nitrogen and oxygen atoms in total. The van der Waals surface area contributed by atoms with Crippen LogP contribution in [0.2, 0.25) is 0 Å². The fraction of sp³-hybridized carbons (Fsp3) is 0.435. The maximum atomic E-state index is 11.7. The summed E-state index contributed by atoms with van der Waals surface area (Å²) >= 11 is 0. The molecule has 0 amide bonds. The lowest BCUT2D eigenvalue weighted by atomic mass is 10.2. The van der Waals surface area contributed by atoms with Crippen molar-refractivity contribution in [1.82, 2.24) is 19.7 Å². The van der Waals surface area contributed by atoms with Gasteiger partial charge in [-0.1, -0.05) is 32.0 Å². The van der Waals surface area contributed by atoms with E-state index in [9.17, 15) is 9.90 Å². The summed E-state index contributed by atoms with van der Waals surface area (Å²) in [4.78, 5) is 18.5. The minimum absolute atomic E-state index is 0.0455. The average Bonchev–Trinajstić information content (AvgIpc) is 3.51. The van der Waals surface area contributed by atoms with Gasteiger partial charge in [0.05, 0.1) is 16.8 Å². The molecule has 158 valence electrons. The number of para-hydroxylation sites is 1. The Morgan fingerprint density at radius 2 is 2.03 bits per heavy atom. The van der Waals surface area contributed by atoms with Gasteiger partial charge < -0.3 is 9.84 Å². The van der Waals surface area contributed by atoms with Gasteiger partial charge in [-0.2, -0.15) is 5.10 Å². The SMILES string of the molecule is Cc1nn(-c2ccccc2)c2nc(C(=O)O)cc(OCCN(CC(C)C)C3CC3)c12. The smallest absolute Gasteiger partial charge is 0.354 e. The first-order chi connectivity index (χ1) is 14.4. The van der Waals surface area contributed by atoms with Gasteiger partial charge in [-0.3, -0.25) is 4.90 Å². The highest BCUT2D eigenvalue weighted by molar-refractivity contribution is 5.93. The number of aromatic nitrogens is 3. The van der Waals surface area contributed by atoms with Crippen LogP contribution >= 0.6 is 0 Å². The normalized spacial score (nSPS) is 14.0. The Morgan fingerprint density at radius 3 is 2.67 bits per heavy atom. The summed E-state index contributed by atoms with van der Waals surface area (Å²) in [5, 5.41) is 14.9. The van der Waals surface area contributed by atoms with Crippen LogP contribution in [0.15, 0.2) is 36.4 Å². The quantitative estimate of drug-likeness (QED) is 0.578. The third-order valence-corrected chi connectivity index (χ3v) is 5.30. The monoisotopic (exact) mass is 408 g/mol. The molecule has 0 spiro atoms. The number of aryl methyl sites for hydroxylation is 1. The second-order valence-electron chi connectivity index (χ2n) is 8.31. The van der Waals surface area contributed by atoms with Crippen LogP contribution < -0.4 is 4.74 Å². The Labute approximate surface area is 176 Å². The Hall–Kier alpha value is -2.93. The van der Waals surface area contributed by atoms with Crippen LogP contribution in [0.1, 0.15) is 42.9 Å². The lowest BCUT2D eigenvalue weighted by molar-refractivity contribution is 0.0690. The molecule has 0 atom stereocenters. The number of ether oxygens (including phenoxy) is 1. The molecule has 0 saturated heterocycles. The zero-order chi connectivity index (χ0) is 21.3. The molecular formula is C23H28N4O3. The van der Waals surface area contributed by atoms with Crippen LogP contribution in [0.4, 0.5) is 0 Å². The van der Waals surface area contributed by atoms with Crippen molar-refractivity contribution in [3.63, 3.8) is 0 Å². The van der Waals surface area contributed by atoms with E-state index < -0.39 is 5.97 Å². The van der Waals surface area contributed by atoms with Crippen LogP contribution in [-0.4, -0.2) is 56.5 Å². The van der Waals surface area contributed by atoms with Gasteiger partial charge in [0, 0.05) is 25.2 Å². The van der Waals surface area contributed by atoms with E-state index in [0.717, 1.165) is 29.9 Å². The molecule has 0 radical (unpaired) electrons. The van der Waals surface area contributed by atoms with Crippen molar-refractivity contribution in [2.45, 2.75) is 39.7 Å². The van der Waals surface area contributed by atoms with Crippen molar-refractivity contribution >= 4 is 17.0 Å². The van der Waals surface area contributed by atoms with Gasteiger partial charge in [-0.15, -0.1) is 0 Å². The standard InChI is InChI=1S/C23H28N4O3/c1-15(2)14-26(17-9-10-17)11-12-30-20-13-19(23(28)29)24-22-21(20)16(3)25-27(22)18-7-5-4-6-8-18/h4-8,13,15,17H,9-12,14H2,1-3H3,(H,28,29). The molecule has 4 rings (SSSR count). The maximum Gasteiger partial charge on any atom is 0.354 e. The van der Waals surface area contributed by atoms with Crippen molar-refractivity contribution in [1.29, 1.82) is 0 Å². The van der Waals surface area contributed by atoms with Gasteiger partial charge in [0.15, 0.2) is 11.3 Å². The highest BCUT2D eigenvalue weighted by Crippen LogP contribution is 2.31. The molecule has 2 heterocycles. The molecule has 0 unspecified atom stereocenters. The number of carboxylic acid groups (broad SMARTS) is 1. The number of hydrogen-bond donors (Lipinski definition) is 1. The third-order valence-electron chi connectivity index (χ3n) is 5.30. The summed E-state index contributed by atoms with van der Waals surface area (Å²) in [5.74, 6) is 0.0419. The predicted molar refractivity (Wildman–Crippen MR) is 115 cm³/mol. The lowest BCUT2D eigenvalue weighted by Crippen LogP contribution is -2.33. The number of carbonyl (C=O) groups is 1. The summed E-state index contributed by atoms with van der Waals surface area (Å²) in [6.45, 7) is 8.71. The van der Waals surface area contributed by atoms with Gasteiger partial charge in [0.1, 0.15) is 12.4 Å². The van der Waals surface area contributed by atoms with Crippen LogP contribution in [0.3, 0.4) is 0 Å². The number of aromatic carboxylic acids is 1. The first-order valence-electron chi connectivity index (χ1n) is 10.5. The van der Waals surface area contributed by atoms with E-state index >= 15 is 0 Å². The second-order valence-corrected chi connectivity index (χ2v) is 8.31. The van der Waals surface area contributed by atoms with Crippen LogP contribution in [0.25, 0.3) is 16.7 Å². The number of carboxylic acids is 1. The van der Waals surface area contributed by atoms with Gasteiger partial charge in [-0.05, 0) is 37.8 Å². The lowest BCUT2D eigenvalue weighted by Gasteiger charge is -2.24. The van der Waals surface area contributed by atoms with Crippen molar-refractivity contribution in [3.8, 4) is 11.4 Å². The van der Waals surface area contributed by atoms with Crippen LogP contribution in [0, 0.1) is 12.8 Å². The number of benzene rings is 1. The Balaban J connectivity index is 1.65. The summed E-state index contributed by atoms with van der Waals surface area (Å²) in [6, 6.07) is 11.8. The van der Waals surface area contributed by atoms with Crippen LogP contribution in [-0.2, 0) is 0 Å². The van der Waals surface area contributed by atoms with E-state index in [0.29, 0.717) is 30.0 Å². The largest absolute Gasteiger partial charge is 0.491 e. The first-order valence-corrected chi connectivity index (χ1v) is 10.5. The average molecular weight is 409 g/mol. The third kappa shape index (κ3) is 4.31. The Morgan fingerprint density at radius 1 is 1.30 bits per heavy atom. The number of pyridine rings is 1. The molecule has 7 heteroatoms.